The molecule has 7 nitrogen and oxygen atoms in total. The first kappa shape index (κ1) is 17.2. The highest BCUT2D eigenvalue weighted by Crippen LogP contribution is 2.26. The van der Waals surface area contributed by atoms with Gasteiger partial charge in [0, 0.05) is 37.0 Å². The number of benzene rings is 2. The number of amides is 1. The van der Waals surface area contributed by atoms with Crippen LogP contribution >= 0.6 is 0 Å². The molecule has 0 aliphatic carbocycles. The first-order chi connectivity index (χ1) is 12.1. The molecule has 0 bridgehead atoms. The molecule has 0 radical (unpaired) electrons. The molecule has 1 unspecified atom stereocenters. The molecule has 0 saturated carbocycles. The molecule has 3 N–H and O–H groups in total. The number of aliphatic hydroxyl groups is 1. The van der Waals surface area contributed by atoms with Crippen LogP contribution in [-0.4, -0.2) is 47.7 Å². The van der Waals surface area contributed by atoms with E-state index >= 15 is 0 Å². The fourth-order valence-electron chi connectivity index (χ4n) is 2.83. The number of nitrogens with one attached hydrogen (secondary N) is 1. The van der Waals surface area contributed by atoms with Gasteiger partial charge < -0.3 is 14.7 Å². The molecule has 0 spiro atoms. The summed E-state index contributed by atoms with van der Waals surface area (Å²) < 4.78 is 5.72. The smallest absolute Gasteiger partial charge is 0.274 e. The van der Waals surface area contributed by atoms with Crippen molar-refractivity contribution in [1.82, 2.24) is 10.4 Å². The molecular weight excluding hydrogens is 322 g/mol. The number of anilines is 1. The Hall–Kier alpha value is -2.61. The number of hydrogen-bond acceptors (Lipinski definition) is 6. The third-order valence-electron chi connectivity index (χ3n) is 4.28. The highest BCUT2D eigenvalue weighted by atomic mass is 16.5. The van der Waals surface area contributed by atoms with Gasteiger partial charge in [-0.05, 0) is 24.3 Å². The Labute approximate surface area is 146 Å². The summed E-state index contributed by atoms with van der Waals surface area (Å²) in [5.74, 6) is -0.00508. The van der Waals surface area contributed by atoms with Crippen molar-refractivity contribution in [1.29, 1.82) is 0 Å². The van der Waals surface area contributed by atoms with Gasteiger partial charge >= 0.3 is 0 Å². The average Bonchev–Trinajstić information content (AvgIpc) is 2.88. The zero-order valence-electron chi connectivity index (χ0n) is 13.9. The molecule has 0 saturated heterocycles. The number of fused-ring (bicyclic) bond motifs is 1. The van der Waals surface area contributed by atoms with Crippen LogP contribution in [0.25, 0.3) is 0 Å². The molecule has 1 aliphatic rings. The van der Waals surface area contributed by atoms with E-state index in [-0.39, 0.29) is 0 Å². The van der Waals surface area contributed by atoms with E-state index in [0.29, 0.717) is 31.0 Å². The summed E-state index contributed by atoms with van der Waals surface area (Å²) in [6.07, 6.45) is -0.808. The lowest BCUT2D eigenvalue weighted by Crippen LogP contribution is -2.47. The van der Waals surface area contributed by atoms with E-state index in [2.05, 4.69) is 0 Å². The van der Waals surface area contributed by atoms with Crippen LogP contribution in [0.5, 0.6) is 5.75 Å². The zero-order chi connectivity index (χ0) is 17.8. The van der Waals surface area contributed by atoms with Crippen LogP contribution in [0, 0.1) is 0 Å². The van der Waals surface area contributed by atoms with Crippen LogP contribution in [-0.2, 0) is 6.54 Å². The molecule has 7 heteroatoms. The Bertz CT molecular complexity index is 738. The summed E-state index contributed by atoms with van der Waals surface area (Å²) in [4.78, 5) is 15.2. The number of carbonyl (C=O) groups is 1. The molecule has 1 amide bonds. The van der Waals surface area contributed by atoms with Crippen molar-refractivity contribution in [2.45, 2.75) is 12.9 Å². The van der Waals surface area contributed by atoms with Gasteiger partial charge in [0.2, 0.25) is 0 Å². The molecular formula is C18H21N3O4. The molecule has 3 rings (SSSR count). The van der Waals surface area contributed by atoms with Gasteiger partial charge in [-0.15, -0.1) is 0 Å². The first-order valence-electron chi connectivity index (χ1n) is 8.00. The molecule has 1 atom stereocenters. The number of hydroxylamine groups is 1. The second-order valence-electron chi connectivity index (χ2n) is 5.88. The van der Waals surface area contributed by atoms with Crippen molar-refractivity contribution < 1.29 is 19.8 Å². The van der Waals surface area contributed by atoms with Crippen molar-refractivity contribution in [2.24, 2.45) is 0 Å². The SMILES string of the molecule is CN(c1ccccc1)C(O)N1CCOc2cc(C(=O)NO)ccc2C1. The van der Waals surface area contributed by atoms with Crippen molar-refractivity contribution in [3.05, 3.63) is 59.7 Å². The summed E-state index contributed by atoms with van der Waals surface area (Å²) >= 11 is 0. The van der Waals surface area contributed by atoms with Gasteiger partial charge in [-0.25, -0.2) is 5.48 Å². The fourth-order valence-corrected chi connectivity index (χ4v) is 2.83. The molecule has 1 aliphatic heterocycles. The minimum Gasteiger partial charge on any atom is -0.492 e. The lowest BCUT2D eigenvalue weighted by Gasteiger charge is -2.34. The van der Waals surface area contributed by atoms with Gasteiger partial charge in [0.1, 0.15) is 12.4 Å². The highest BCUT2D eigenvalue weighted by molar-refractivity contribution is 5.93. The standard InChI is InChI=1S/C18H21N3O4/c1-20(15-5-3-2-4-6-15)18(23)21-9-10-25-16-11-13(17(22)19-24)7-8-14(16)12-21/h2-8,11,18,23-24H,9-10,12H2,1H3,(H,19,22). The van der Waals surface area contributed by atoms with E-state index in [1.807, 2.05) is 42.3 Å². The van der Waals surface area contributed by atoms with E-state index < -0.39 is 12.3 Å². The first-order valence-corrected chi connectivity index (χ1v) is 8.00. The lowest BCUT2D eigenvalue weighted by atomic mass is 10.1. The van der Waals surface area contributed by atoms with Crippen LogP contribution < -0.4 is 15.1 Å². The van der Waals surface area contributed by atoms with E-state index in [9.17, 15) is 9.90 Å². The number of ether oxygens (including phenoxy) is 1. The monoisotopic (exact) mass is 343 g/mol. The van der Waals surface area contributed by atoms with E-state index in [1.165, 1.54) is 0 Å². The third-order valence-corrected chi connectivity index (χ3v) is 4.28. The second kappa shape index (κ2) is 7.52. The number of para-hydroxylation sites is 1. The van der Waals surface area contributed by atoms with Gasteiger partial charge in [0.15, 0.2) is 6.35 Å². The summed E-state index contributed by atoms with van der Waals surface area (Å²) in [6, 6.07) is 14.6. The molecule has 25 heavy (non-hydrogen) atoms. The number of carbonyl (C=O) groups excluding carboxylic acids is 1. The minimum atomic E-state index is -0.808. The molecule has 2 aromatic carbocycles. The number of nitrogens with zero attached hydrogens (tertiary/aromatic N) is 2. The lowest BCUT2D eigenvalue weighted by molar-refractivity contribution is -0.00295. The van der Waals surface area contributed by atoms with Gasteiger partial charge in [0.05, 0.1) is 0 Å². The number of rotatable bonds is 4. The van der Waals surface area contributed by atoms with Crippen molar-refractivity contribution in [3.8, 4) is 5.75 Å². The molecule has 0 fully saturated rings. The van der Waals surface area contributed by atoms with Crippen LogP contribution in [0.4, 0.5) is 5.69 Å². The summed E-state index contributed by atoms with van der Waals surface area (Å²) in [7, 11) is 1.83. The molecule has 1 heterocycles. The maximum absolute atomic E-state index is 11.5. The number of aliphatic hydroxyl groups excluding tert-OH is 1. The van der Waals surface area contributed by atoms with Crippen LogP contribution in [0.1, 0.15) is 15.9 Å². The van der Waals surface area contributed by atoms with Gasteiger partial charge in [-0.1, -0.05) is 24.3 Å². The maximum Gasteiger partial charge on any atom is 0.274 e. The quantitative estimate of drug-likeness (QED) is 0.442. The van der Waals surface area contributed by atoms with E-state index in [1.54, 1.807) is 28.6 Å². The van der Waals surface area contributed by atoms with Crippen molar-refractivity contribution >= 4 is 11.6 Å². The topological polar surface area (TPSA) is 85.3 Å². The Balaban J connectivity index is 1.78. The predicted octanol–water partition coefficient (Wildman–Crippen LogP) is 1.41. The zero-order valence-corrected chi connectivity index (χ0v) is 13.9. The van der Waals surface area contributed by atoms with Gasteiger partial charge in [-0.2, -0.15) is 0 Å². The molecule has 132 valence electrons. The Morgan fingerprint density at radius 3 is 2.76 bits per heavy atom. The van der Waals surface area contributed by atoms with E-state index in [4.69, 9.17) is 9.94 Å². The fraction of sp³-hybridized carbons (Fsp3) is 0.278. The third kappa shape index (κ3) is 3.74. The van der Waals surface area contributed by atoms with Crippen LogP contribution in [0.15, 0.2) is 48.5 Å². The summed E-state index contributed by atoms with van der Waals surface area (Å²) in [5, 5.41) is 19.5. The summed E-state index contributed by atoms with van der Waals surface area (Å²) in [6.45, 7) is 1.40. The average molecular weight is 343 g/mol. The van der Waals surface area contributed by atoms with Gasteiger partial charge in [0.25, 0.3) is 5.91 Å². The molecule has 2 aromatic rings. The second-order valence-corrected chi connectivity index (χ2v) is 5.88. The Morgan fingerprint density at radius 2 is 2.04 bits per heavy atom. The maximum atomic E-state index is 11.5. The van der Waals surface area contributed by atoms with Crippen LogP contribution in [0.2, 0.25) is 0 Å². The predicted molar refractivity (Wildman–Crippen MR) is 92.5 cm³/mol. The molecule has 0 aromatic heterocycles. The highest BCUT2D eigenvalue weighted by Gasteiger charge is 2.25. The minimum absolute atomic E-state index is 0.316. The largest absolute Gasteiger partial charge is 0.492 e. The van der Waals surface area contributed by atoms with Gasteiger partial charge in [-0.3, -0.25) is 14.9 Å². The van der Waals surface area contributed by atoms with Crippen molar-refractivity contribution in [3.63, 3.8) is 0 Å². The number of hydrogen-bond donors (Lipinski definition) is 3. The summed E-state index contributed by atoms with van der Waals surface area (Å²) in [5.41, 5.74) is 3.71. The Morgan fingerprint density at radius 1 is 1.28 bits per heavy atom. The van der Waals surface area contributed by atoms with E-state index in [0.717, 1.165) is 11.3 Å². The van der Waals surface area contributed by atoms with Crippen molar-refractivity contribution in [2.75, 3.05) is 25.1 Å². The Kier molecular flexibility index (Phi) is 5.18. The normalized spacial score (nSPS) is 15.5. The van der Waals surface area contributed by atoms with Crippen LogP contribution in [0.3, 0.4) is 0 Å².